The van der Waals surface area contributed by atoms with Crippen molar-refractivity contribution in [3.05, 3.63) is 109 Å². The summed E-state index contributed by atoms with van der Waals surface area (Å²) in [4.78, 5) is 37.3. The summed E-state index contributed by atoms with van der Waals surface area (Å²) < 4.78 is 22.8. The molecule has 9 heteroatoms. The molecule has 0 radical (unpaired) electrons. The Balaban J connectivity index is 4.40. The van der Waals surface area contributed by atoms with Crippen molar-refractivity contribution in [2.45, 2.75) is 200 Å². The normalized spacial score (nSPS) is 13.7. The summed E-state index contributed by atoms with van der Waals surface area (Å²) in [7, 11) is 5.94. The molecule has 0 rings (SSSR count). The molecule has 0 aliphatic carbocycles. The molecule has 0 spiro atoms. The van der Waals surface area contributed by atoms with Gasteiger partial charge >= 0.3 is 17.9 Å². The largest absolute Gasteiger partial charge is 0.477 e. The lowest BCUT2D eigenvalue weighted by Gasteiger charge is -2.25. The van der Waals surface area contributed by atoms with Gasteiger partial charge < -0.3 is 28.5 Å². The lowest BCUT2D eigenvalue weighted by molar-refractivity contribution is -0.870. The van der Waals surface area contributed by atoms with E-state index in [1.807, 2.05) is 21.1 Å². The average Bonchev–Trinajstić information content (AvgIpc) is 3.30. The smallest absolute Gasteiger partial charge is 0.361 e. The molecule has 0 aliphatic rings. The number of carbonyl (C=O) groups excluding carboxylic acids is 2. The molecule has 2 atom stereocenters. The van der Waals surface area contributed by atoms with Gasteiger partial charge in [0.15, 0.2) is 6.10 Å². The van der Waals surface area contributed by atoms with Gasteiger partial charge in [0.05, 0.1) is 34.4 Å². The summed E-state index contributed by atoms with van der Waals surface area (Å²) in [5, 5.41) is 9.68. The molecule has 386 valence electrons. The SMILES string of the molecule is CC/C=C\C/C=C\C/C=C\C/C=C\C/C=C\C/C=C\C/C=C\CCCCCCCC(=O)OC(COC(=O)CCCCCCC/C=C\C/C=C\CCCCCC)COC(OCC[N+](C)(C)C)C(=O)O. The number of hydrogen-bond donors (Lipinski definition) is 1. The number of hydrogen-bond acceptors (Lipinski definition) is 7. The number of likely N-dealkylation sites (N-methyl/N-ethyl adjacent to an activating group) is 1. The third-order valence-corrected chi connectivity index (χ3v) is 10.8. The highest BCUT2D eigenvalue weighted by molar-refractivity contribution is 5.71. The number of carboxylic acids is 1. The van der Waals surface area contributed by atoms with Gasteiger partial charge in [0.25, 0.3) is 6.29 Å². The number of esters is 2. The first kappa shape index (κ1) is 64.0. The van der Waals surface area contributed by atoms with Crippen LogP contribution in [0.2, 0.25) is 0 Å². The van der Waals surface area contributed by atoms with Crippen LogP contribution in [0, 0.1) is 0 Å². The molecule has 68 heavy (non-hydrogen) atoms. The minimum absolute atomic E-state index is 0.175. The maximum Gasteiger partial charge on any atom is 0.361 e. The Labute approximate surface area is 415 Å². The zero-order chi connectivity index (χ0) is 49.9. The van der Waals surface area contributed by atoms with Crippen LogP contribution in [-0.4, -0.2) is 87.4 Å². The first-order valence-electron chi connectivity index (χ1n) is 26.6. The van der Waals surface area contributed by atoms with Crippen LogP contribution in [0.15, 0.2) is 109 Å². The van der Waals surface area contributed by atoms with Gasteiger partial charge in [-0.1, -0.05) is 181 Å². The zero-order valence-corrected chi connectivity index (χ0v) is 43.7. The molecule has 0 aromatic heterocycles. The molecular weight excluding hydrogens is 851 g/mol. The van der Waals surface area contributed by atoms with E-state index in [4.69, 9.17) is 18.9 Å². The van der Waals surface area contributed by atoms with E-state index < -0.39 is 24.3 Å². The van der Waals surface area contributed by atoms with E-state index in [1.165, 1.54) is 32.1 Å². The fourth-order valence-corrected chi connectivity index (χ4v) is 6.67. The molecule has 0 aromatic rings. The highest BCUT2D eigenvalue weighted by Gasteiger charge is 2.25. The van der Waals surface area contributed by atoms with Crippen LogP contribution in [0.1, 0.15) is 187 Å². The van der Waals surface area contributed by atoms with E-state index in [0.29, 0.717) is 17.4 Å². The van der Waals surface area contributed by atoms with Crippen LogP contribution in [0.5, 0.6) is 0 Å². The Kier molecular flexibility index (Phi) is 46.4. The summed E-state index contributed by atoms with van der Waals surface area (Å²) in [5.74, 6) is -2.07. The number of unbranched alkanes of at least 4 members (excludes halogenated alkanes) is 14. The fourth-order valence-electron chi connectivity index (χ4n) is 6.67. The molecule has 0 amide bonds. The third kappa shape index (κ3) is 49.8. The molecule has 0 aliphatic heterocycles. The van der Waals surface area contributed by atoms with Crippen molar-refractivity contribution in [1.82, 2.24) is 0 Å². The lowest BCUT2D eigenvalue weighted by Crippen LogP contribution is -2.40. The monoisotopic (exact) mass is 949 g/mol. The summed E-state index contributed by atoms with van der Waals surface area (Å²) in [6.07, 6.45) is 64.4. The van der Waals surface area contributed by atoms with E-state index in [-0.39, 0.29) is 38.6 Å². The van der Waals surface area contributed by atoms with Gasteiger partial charge in [0.1, 0.15) is 13.2 Å². The van der Waals surface area contributed by atoms with E-state index in [2.05, 4.69) is 123 Å². The van der Waals surface area contributed by atoms with Crippen molar-refractivity contribution in [1.29, 1.82) is 0 Å². The second-order valence-electron chi connectivity index (χ2n) is 18.4. The van der Waals surface area contributed by atoms with Gasteiger partial charge in [0.2, 0.25) is 0 Å². The highest BCUT2D eigenvalue weighted by Crippen LogP contribution is 2.13. The van der Waals surface area contributed by atoms with Crippen LogP contribution < -0.4 is 0 Å². The van der Waals surface area contributed by atoms with Crippen molar-refractivity contribution in [2.75, 3.05) is 47.5 Å². The minimum Gasteiger partial charge on any atom is -0.477 e. The van der Waals surface area contributed by atoms with E-state index in [9.17, 15) is 19.5 Å². The minimum atomic E-state index is -1.53. The highest BCUT2D eigenvalue weighted by atomic mass is 16.7. The maximum absolute atomic E-state index is 12.8. The van der Waals surface area contributed by atoms with Crippen LogP contribution >= 0.6 is 0 Å². The second-order valence-corrected chi connectivity index (χ2v) is 18.4. The molecular formula is C59H98NO8+. The van der Waals surface area contributed by atoms with Crippen molar-refractivity contribution in [3.8, 4) is 0 Å². The van der Waals surface area contributed by atoms with Crippen LogP contribution in [0.4, 0.5) is 0 Å². The number of ether oxygens (including phenoxy) is 4. The van der Waals surface area contributed by atoms with Gasteiger partial charge in [-0.2, -0.15) is 0 Å². The van der Waals surface area contributed by atoms with Gasteiger partial charge in [-0.05, 0) is 103 Å². The second kappa shape index (κ2) is 49.4. The van der Waals surface area contributed by atoms with Crippen molar-refractivity contribution in [2.24, 2.45) is 0 Å². The Morgan fingerprint density at radius 3 is 1.25 bits per heavy atom. The van der Waals surface area contributed by atoms with E-state index in [1.54, 1.807) is 0 Å². The first-order chi connectivity index (χ1) is 33.1. The zero-order valence-electron chi connectivity index (χ0n) is 43.7. The Morgan fingerprint density at radius 2 is 0.838 bits per heavy atom. The Morgan fingerprint density at radius 1 is 0.456 bits per heavy atom. The van der Waals surface area contributed by atoms with Crippen LogP contribution in [0.3, 0.4) is 0 Å². The molecule has 2 unspecified atom stereocenters. The number of quaternary nitrogens is 1. The first-order valence-corrected chi connectivity index (χ1v) is 26.6. The van der Waals surface area contributed by atoms with Gasteiger partial charge in [-0.3, -0.25) is 9.59 Å². The topological polar surface area (TPSA) is 108 Å². The van der Waals surface area contributed by atoms with Crippen LogP contribution in [-0.2, 0) is 33.3 Å². The van der Waals surface area contributed by atoms with Crippen LogP contribution in [0.25, 0.3) is 0 Å². The van der Waals surface area contributed by atoms with Crippen molar-refractivity contribution in [3.63, 3.8) is 0 Å². The number of aliphatic carboxylic acids is 1. The summed E-state index contributed by atoms with van der Waals surface area (Å²) in [6, 6.07) is 0. The lowest BCUT2D eigenvalue weighted by atomic mass is 10.1. The Hall–Kier alpha value is -4.05. The molecule has 9 nitrogen and oxygen atoms in total. The third-order valence-electron chi connectivity index (χ3n) is 10.8. The molecule has 0 bridgehead atoms. The summed E-state index contributed by atoms with van der Waals surface area (Å²) in [6.45, 7) is 4.68. The van der Waals surface area contributed by atoms with E-state index >= 15 is 0 Å². The molecule has 0 saturated carbocycles. The summed E-state index contributed by atoms with van der Waals surface area (Å²) >= 11 is 0. The summed E-state index contributed by atoms with van der Waals surface area (Å²) in [5.41, 5.74) is 0. The molecule has 0 aromatic carbocycles. The molecule has 1 N–H and O–H groups in total. The average molecular weight is 949 g/mol. The molecule has 0 saturated heterocycles. The van der Waals surface area contributed by atoms with Crippen molar-refractivity contribution < 1.29 is 42.9 Å². The number of carboxylic acid groups (broad SMARTS) is 1. The van der Waals surface area contributed by atoms with Crippen molar-refractivity contribution >= 4 is 17.9 Å². The van der Waals surface area contributed by atoms with Gasteiger partial charge in [-0.25, -0.2) is 4.79 Å². The number of allylic oxidation sites excluding steroid dienone is 18. The standard InChI is InChI=1S/C59H97NO8/c1-6-8-10-12-14-16-18-20-22-24-25-26-27-28-29-30-31-32-33-34-36-38-40-42-44-46-48-50-57(62)68-55(54-67-59(58(63)64)65-52-51-60(3,4)5)53-66-56(61)49-47-45-43-41-39-37-35-23-21-19-17-15-13-11-9-7-2/h8,10,14,16-17,19-20,22-23,25-26,28-29,31-32,34-36,55,59H,6-7,9,11-13,15,18,21,24,27,30,33,37-54H2,1-5H3/p+1/b10-8-,16-14-,19-17-,22-20-,26-25-,29-28-,32-31-,35-23-,36-34-. The fraction of sp³-hybridized carbons (Fsp3) is 0.644. The number of nitrogens with zero attached hydrogens (tertiary/aromatic N) is 1. The Bertz CT molecular complexity index is 1480. The van der Waals surface area contributed by atoms with Gasteiger partial charge in [0, 0.05) is 12.8 Å². The molecule has 0 heterocycles. The maximum atomic E-state index is 12.8. The van der Waals surface area contributed by atoms with Gasteiger partial charge in [-0.15, -0.1) is 0 Å². The number of carbonyl (C=O) groups is 3. The quantitative estimate of drug-likeness (QED) is 0.0211. The predicted octanol–water partition coefficient (Wildman–Crippen LogP) is 15.2. The molecule has 0 fully saturated rings. The predicted molar refractivity (Wildman–Crippen MR) is 285 cm³/mol. The number of rotatable bonds is 47. The van der Waals surface area contributed by atoms with E-state index in [0.717, 1.165) is 122 Å².